The Hall–Kier alpha value is -0.130. The van der Waals surface area contributed by atoms with Crippen LogP contribution in [0.2, 0.25) is 0 Å². The lowest BCUT2D eigenvalue weighted by Crippen LogP contribution is -1.93. The quantitative estimate of drug-likeness (QED) is 0.722. The average Bonchev–Trinajstić information content (AvgIpc) is 2.07. The summed E-state index contributed by atoms with van der Waals surface area (Å²) in [5, 5.41) is 0.556. The molecular weight excluding hydrogens is 218 g/mol. The van der Waals surface area contributed by atoms with Crippen LogP contribution in [-0.4, -0.2) is 13.4 Å². The first-order chi connectivity index (χ1) is 5.38. The number of aromatic nitrogens is 1. The van der Waals surface area contributed by atoms with E-state index in [0.29, 0.717) is 5.01 Å². The molecule has 6 heteroatoms. The number of nitrogens with zero attached hydrogens (tertiary/aromatic N) is 1. The predicted octanol–water partition coefficient (Wildman–Crippen LogP) is 1.83. The third-order valence-electron chi connectivity index (χ3n) is 1.37. The minimum Gasteiger partial charge on any atom is -0.245 e. The summed E-state index contributed by atoms with van der Waals surface area (Å²) in [6.45, 7) is 3.74. The first-order valence-corrected chi connectivity index (χ1v) is 6.53. The van der Waals surface area contributed by atoms with E-state index in [-0.39, 0.29) is 5.75 Å². The van der Waals surface area contributed by atoms with Crippen molar-refractivity contribution in [2.24, 2.45) is 0 Å². The van der Waals surface area contributed by atoms with E-state index in [1.807, 2.05) is 13.8 Å². The SMILES string of the molecule is Cc1nc(CS(=O)(=O)Cl)sc1C. The van der Waals surface area contributed by atoms with Crippen molar-refractivity contribution in [3.63, 3.8) is 0 Å². The second-order valence-corrected chi connectivity index (χ2v) is 6.50. The van der Waals surface area contributed by atoms with E-state index >= 15 is 0 Å². The predicted molar refractivity (Wildman–Crippen MR) is 50.1 cm³/mol. The van der Waals surface area contributed by atoms with Crippen molar-refractivity contribution < 1.29 is 8.42 Å². The Bertz CT molecular complexity index is 363. The molecule has 0 fully saturated rings. The molecule has 1 heterocycles. The molecule has 0 N–H and O–H groups in total. The molecule has 1 aromatic rings. The molecule has 0 saturated carbocycles. The van der Waals surface area contributed by atoms with Crippen LogP contribution in [0.25, 0.3) is 0 Å². The van der Waals surface area contributed by atoms with Gasteiger partial charge in [-0.15, -0.1) is 11.3 Å². The molecular formula is C6H8ClNO2S2. The van der Waals surface area contributed by atoms with Gasteiger partial charge in [0.15, 0.2) is 0 Å². The number of thiazole rings is 1. The number of hydrogen-bond donors (Lipinski definition) is 0. The van der Waals surface area contributed by atoms with E-state index in [4.69, 9.17) is 10.7 Å². The van der Waals surface area contributed by atoms with Gasteiger partial charge in [-0.1, -0.05) is 0 Å². The van der Waals surface area contributed by atoms with Crippen molar-refractivity contribution in [3.8, 4) is 0 Å². The summed E-state index contributed by atoms with van der Waals surface area (Å²) < 4.78 is 21.3. The number of aryl methyl sites for hydroxylation is 2. The van der Waals surface area contributed by atoms with Crippen LogP contribution in [0.3, 0.4) is 0 Å². The van der Waals surface area contributed by atoms with Gasteiger partial charge in [-0.3, -0.25) is 0 Å². The highest BCUT2D eigenvalue weighted by molar-refractivity contribution is 8.13. The Morgan fingerprint density at radius 2 is 2.08 bits per heavy atom. The maximum Gasteiger partial charge on any atom is 0.239 e. The summed E-state index contributed by atoms with van der Waals surface area (Å²) >= 11 is 1.37. The molecule has 1 rings (SSSR count). The maximum atomic E-state index is 10.7. The molecule has 0 aliphatic heterocycles. The fraction of sp³-hybridized carbons (Fsp3) is 0.500. The van der Waals surface area contributed by atoms with Crippen molar-refractivity contribution in [2.75, 3.05) is 0 Å². The topological polar surface area (TPSA) is 47.0 Å². The standard InChI is InChI=1S/C6H8ClNO2S2/c1-4-5(2)11-6(8-4)3-12(7,9)10/h3H2,1-2H3. The van der Waals surface area contributed by atoms with Crippen molar-refractivity contribution in [1.29, 1.82) is 0 Å². The zero-order valence-electron chi connectivity index (χ0n) is 6.67. The number of halogens is 1. The van der Waals surface area contributed by atoms with Crippen LogP contribution in [0.15, 0.2) is 0 Å². The Kier molecular flexibility index (Phi) is 2.75. The van der Waals surface area contributed by atoms with E-state index in [1.165, 1.54) is 11.3 Å². The van der Waals surface area contributed by atoms with E-state index in [0.717, 1.165) is 10.6 Å². The second-order valence-electron chi connectivity index (χ2n) is 2.43. The van der Waals surface area contributed by atoms with E-state index in [9.17, 15) is 8.42 Å². The minimum atomic E-state index is -3.46. The van der Waals surface area contributed by atoms with Crippen LogP contribution in [0.1, 0.15) is 15.6 Å². The smallest absolute Gasteiger partial charge is 0.239 e. The monoisotopic (exact) mass is 225 g/mol. The van der Waals surface area contributed by atoms with Crippen LogP contribution in [0.4, 0.5) is 0 Å². The summed E-state index contributed by atoms with van der Waals surface area (Å²) in [5.41, 5.74) is 0.871. The number of rotatable bonds is 2. The maximum absolute atomic E-state index is 10.7. The largest absolute Gasteiger partial charge is 0.245 e. The zero-order valence-corrected chi connectivity index (χ0v) is 9.05. The molecule has 0 aromatic carbocycles. The fourth-order valence-electron chi connectivity index (χ4n) is 0.748. The Morgan fingerprint density at radius 1 is 1.50 bits per heavy atom. The molecule has 68 valence electrons. The van der Waals surface area contributed by atoms with Gasteiger partial charge < -0.3 is 0 Å². The molecule has 0 aliphatic carbocycles. The van der Waals surface area contributed by atoms with Crippen molar-refractivity contribution >= 4 is 31.1 Å². The molecule has 0 unspecified atom stereocenters. The molecule has 0 radical (unpaired) electrons. The summed E-state index contributed by atoms with van der Waals surface area (Å²) in [6.07, 6.45) is 0. The Labute approximate surface area is 79.8 Å². The third kappa shape index (κ3) is 2.73. The summed E-state index contributed by atoms with van der Waals surface area (Å²) in [4.78, 5) is 5.08. The first-order valence-electron chi connectivity index (χ1n) is 3.24. The summed E-state index contributed by atoms with van der Waals surface area (Å²) in [6, 6.07) is 0. The lowest BCUT2D eigenvalue weighted by atomic mass is 10.4. The highest BCUT2D eigenvalue weighted by atomic mass is 35.7. The molecule has 0 aliphatic rings. The van der Waals surface area contributed by atoms with Gasteiger partial charge in [0.2, 0.25) is 9.05 Å². The lowest BCUT2D eigenvalue weighted by Gasteiger charge is -1.87. The van der Waals surface area contributed by atoms with Crippen LogP contribution in [-0.2, 0) is 14.8 Å². The highest BCUT2D eigenvalue weighted by Crippen LogP contribution is 2.19. The molecule has 0 spiro atoms. The van der Waals surface area contributed by atoms with Crippen LogP contribution in [0.5, 0.6) is 0 Å². The van der Waals surface area contributed by atoms with Gasteiger partial charge in [0.1, 0.15) is 10.8 Å². The minimum absolute atomic E-state index is 0.173. The second kappa shape index (κ2) is 3.32. The van der Waals surface area contributed by atoms with E-state index in [1.54, 1.807) is 0 Å². The highest BCUT2D eigenvalue weighted by Gasteiger charge is 2.11. The average molecular weight is 226 g/mol. The van der Waals surface area contributed by atoms with Gasteiger partial charge in [-0.05, 0) is 13.8 Å². The van der Waals surface area contributed by atoms with Gasteiger partial charge in [-0.2, -0.15) is 0 Å². The number of hydrogen-bond acceptors (Lipinski definition) is 4. The van der Waals surface area contributed by atoms with Crippen molar-refractivity contribution in [3.05, 3.63) is 15.6 Å². The molecule has 0 atom stereocenters. The van der Waals surface area contributed by atoms with E-state index in [2.05, 4.69) is 4.98 Å². The summed E-state index contributed by atoms with van der Waals surface area (Å²) in [5.74, 6) is -0.173. The lowest BCUT2D eigenvalue weighted by molar-refractivity contribution is 0.608. The van der Waals surface area contributed by atoms with Crippen LogP contribution < -0.4 is 0 Å². The summed E-state index contributed by atoms with van der Waals surface area (Å²) in [7, 11) is 1.61. The van der Waals surface area contributed by atoms with Gasteiger partial charge in [0, 0.05) is 15.6 Å². The van der Waals surface area contributed by atoms with E-state index < -0.39 is 9.05 Å². The fourth-order valence-corrected chi connectivity index (χ4v) is 3.04. The van der Waals surface area contributed by atoms with Gasteiger partial charge >= 0.3 is 0 Å². The van der Waals surface area contributed by atoms with Crippen LogP contribution in [0, 0.1) is 13.8 Å². The van der Waals surface area contributed by atoms with Crippen molar-refractivity contribution in [2.45, 2.75) is 19.6 Å². The Balaban J connectivity index is 2.92. The third-order valence-corrected chi connectivity index (χ3v) is 3.57. The first kappa shape index (κ1) is 9.95. The van der Waals surface area contributed by atoms with Gasteiger partial charge in [0.05, 0.1) is 5.69 Å². The molecule has 3 nitrogen and oxygen atoms in total. The molecule has 0 saturated heterocycles. The van der Waals surface area contributed by atoms with Crippen LogP contribution >= 0.6 is 22.0 Å². The van der Waals surface area contributed by atoms with Gasteiger partial charge in [-0.25, -0.2) is 13.4 Å². The molecule has 0 amide bonds. The zero-order chi connectivity index (χ0) is 9.35. The molecule has 1 aromatic heterocycles. The molecule has 12 heavy (non-hydrogen) atoms. The van der Waals surface area contributed by atoms with Gasteiger partial charge in [0.25, 0.3) is 0 Å². The normalized spacial score (nSPS) is 11.9. The molecule has 0 bridgehead atoms. The van der Waals surface area contributed by atoms with Crippen molar-refractivity contribution in [1.82, 2.24) is 4.98 Å². The Morgan fingerprint density at radius 3 is 2.42 bits per heavy atom.